The number of anilines is 1. The van der Waals surface area contributed by atoms with E-state index in [2.05, 4.69) is 44.5 Å². The monoisotopic (exact) mass is 536 g/mol. The zero-order valence-corrected chi connectivity index (χ0v) is 23.1. The summed E-state index contributed by atoms with van der Waals surface area (Å²) in [7, 11) is 0. The van der Waals surface area contributed by atoms with Crippen molar-refractivity contribution in [3.8, 4) is 0 Å². The molecule has 2 N–H and O–H groups in total. The molecule has 3 heterocycles. The number of aromatic nitrogens is 3. The highest BCUT2D eigenvalue weighted by molar-refractivity contribution is 6.35. The minimum atomic E-state index is 0.482. The molecule has 1 aliphatic rings. The molecule has 0 radical (unpaired) electrons. The van der Waals surface area contributed by atoms with Crippen LogP contribution in [0.25, 0.3) is 21.9 Å². The van der Waals surface area contributed by atoms with Crippen molar-refractivity contribution < 1.29 is 0 Å². The van der Waals surface area contributed by atoms with E-state index in [4.69, 9.17) is 23.2 Å². The number of nitrogens with zero attached hydrogens (tertiary/aromatic N) is 2. The molecule has 0 bridgehead atoms. The first-order valence-electron chi connectivity index (χ1n) is 14.1. The fraction of sp³-hybridized carbons (Fsp3) is 0.484. The molecule has 37 heavy (non-hydrogen) atoms. The molecule has 0 spiro atoms. The van der Waals surface area contributed by atoms with Crippen LogP contribution in [0.3, 0.4) is 0 Å². The molecule has 1 fully saturated rings. The van der Waals surface area contributed by atoms with Crippen molar-refractivity contribution in [3.63, 3.8) is 0 Å². The fourth-order valence-corrected chi connectivity index (χ4v) is 6.26. The average molecular weight is 538 g/mol. The Kier molecular flexibility index (Phi) is 9.23. The van der Waals surface area contributed by atoms with Gasteiger partial charge >= 0.3 is 0 Å². The van der Waals surface area contributed by atoms with E-state index < -0.39 is 0 Å². The third-order valence-corrected chi connectivity index (χ3v) is 8.44. The van der Waals surface area contributed by atoms with Crippen LogP contribution >= 0.6 is 23.2 Å². The van der Waals surface area contributed by atoms with Gasteiger partial charge in [0.25, 0.3) is 0 Å². The normalized spacial score (nSPS) is 20.6. The Morgan fingerprint density at radius 1 is 0.811 bits per heavy atom. The Labute approximate surface area is 230 Å². The van der Waals surface area contributed by atoms with Crippen molar-refractivity contribution in [2.24, 2.45) is 5.92 Å². The van der Waals surface area contributed by atoms with Crippen LogP contribution < -0.4 is 5.32 Å². The molecule has 0 aliphatic heterocycles. The lowest BCUT2D eigenvalue weighted by Crippen LogP contribution is -2.20. The number of pyridine rings is 2. The first-order valence-corrected chi connectivity index (χ1v) is 14.8. The van der Waals surface area contributed by atoms with Crippen molar-refractivity contribution >= 4 is 50.8 Å². The first-order chi connectivity index (χ1) is 18.1. The molecule has 3 aromatic heterocycles. The van der Waals surface area contributed by atoms with Crippen LogP contribution in [0.2, 0.25) is 10.0 Å². The third kappa shape index (κ3) is 7.39. The lowest BCUT2D eigenvalue weighted by atomic mass is 9.87. The van der Waals surface area contributed by atoms with E-state index in [1.54, 1.807) is 6.20 Å². The quantitative estimate of drug-likeness (QED) is 0.272. The summed E-state index contributed by atoms with van der Waals surface area (Å²) in [5.41, 5.74) is 4.35. The SMILES string of the molecule is Clc1cnc2ccc(CC3CCCCCCCCC(Nc4cnc5[nH]cc(Cl)c5c4)CCCC3)cc2c1. The van der Waals surface area contributed by atoms with Gasteiger partial charge in [0.05, 0.1) is 27.4 Å². The molecule has 1 saturated carbocycles. The second kappa shape index (κ2) is 13.0. The lowest BCUT2D eigenvalue weighted by molar-refractivity contribution is 0.391. The molecule has 6 heteroatoms. The molecule has 1 aromatic carbocycles. The second-order valence-corrected chi connectivity index (χ2v) is 11.7. The Morgan fingerprint density at radius 3 is 2.38 bits per heavy atom. The minimum Gasteiger partial charge on any atom is -0.381 e. The summed E-state index contributed by atoms with van der Waals surface area (Å²) in [4.78, 5) is 12.1. The molecule has 0 saturated heterocycles. The number of H-pyrrole nitrogens is 1. The van der Waals surface area contributed by atoms with Crippen molar-refractivity contribution in [3.05, 3.63) is 64.5 Å². The number of benzene rings is 1. The van der Waals surface area contributed by atoms with Gasteiger partial charge in [0.1, 0.15) is 5.65 Å². The largest absolute Gasteiger partial charge is 0.381 e. The van der Waals surface area contributed by atoms with Crippen LogP contribution in [0, 0.1) is 5.92 Å². The van der Waals surface area contributed by atoms with E-state index in [-0.39, 0.29) is 0 Å². The van der Waals surface area contributed by atoms with Crippen molar-refractivity contribution in [1.29, 1.82) is 0 Å². The highest BCUT2D eigenvalue weighted by Crippen LogP contribution is 2.28. The molecule has 0 amide bonds. The summed E-state index contributed by atoms with van der Waals surface area (Å²) in [6, 6.07) is 11.3. The van der Waals surface area contributed by atoms with Crippen molar-refractivity contribution in [1.82, 2.24) is 15.0 Å². The molecule has 2 unspecified atom stereocenters. The summed E-state index contributed by atoms with van der Waals surface area (Å²) in [5.74, 6) is 0.737. The molecule has 2 atom stereocenters. The van der Waals surface area contributed by atoms with Gasteiger partial charge in [0.15, 0.2) is 0 Å². The number of rotatable bonds is 4. The fourth-order valence-electron chi connectivity index (χ4n) is 5.89. The standard InChI is InChI=1S/C31H38Cl2N4/c32-25-17-24-16-23(13-14-30(24)34-19-25)15-22-9-5-3-1-2-4-6-11-26(12-8-7-10-22)37-27-18-28-29(33)21-36-31(28)35-20-27/h13-14,16-22,26,37H,1-12,15H2,(H,35,36). The molecule has 196 valence electrons. The van der Waals surface area contributed by atoms with E-state index in [1.165, 1.54) is 82.6 Å². The van der Waals surface area contributed by atoms with E-state index in [1.807, 2.05) is 18.5 Å². The number of hydrogen-bond donors (Lipinski definition) is 2. The number of aromatic amines is 1. The van der Waals surface area contributed by atoms with E-state index >= 15 is 0 Å². The average Bonchev–Trinajstić information content (AvgIpc) is 3.27. The van der Waals surface area contributed by atoms with Gasteiger partial charge in [-0.2, -0.15) is 0 Å². The predicted molar refractivity (Wildman–Crippen MR) is 158 cm³/mol. The van der Waals surface area contributed by atoms with E-state index in [0.29, 0.717) is 11.1 Å². The summed E-state index contributed by atoms with van der Waals surface area (Å²) in [6.45, 7) is 0. The molecular formula is C31H38Cl2N4. The maximum Gasteiger partial charge on any atom is 0.138 e. The Balaban J connectivity index is 1.21. The van der Waals surface area contributed by atoms with Gasteiger partial charge in [-0.1, -0.05) is 93.5 Å². The number of nitrogens with one attached hydrogen (secondary N) is 2. The van der Waals surface area contributed by atoms with Crippen LogP contribution in [0.4, 0.5) is 5.69 Å². The van der Waals surface area contributed by atoms with E-state index in [0.717, 1.165) is 45.0 Å². The lowest BCUT2D eigenvalue weighted by Gasteiger charge is -2.22. The summed E-state index contributed by atoms with van der Waals surface area (Å²) >= 11 is 12.5. The first kappa shape index (κ1) is 26.3. The van der Waals surface area contributed by atoms with Gasteiger partial charge in [-0.3, -0.25) is 4.98 Å². The van der Waals surface area contributed by atoms with Gasteiger partial charge in [-0.25, -0.2) is 4.98 Å². The Bertz CT molecular complexity index is 1300. The number of hydrogen-bond acceptors (Lipinski definition) is 3. The number of fused-ring (bicyclic) bond motifs is 2. The maximum absolute atomic E-state index is 6.34. The van der Waals surface area contributed by atoms with Gasteiger partial charge in [0, 0.05) is 29.2 Å². The Hall–Kier alpha value is -2.30. The molecule has 5 rings (SSSR count). The van der Waals surface area contributed by atoms with Crippen molar-refractivity contribution in [2.45, 2.75) is 89.5 Å². The maximum atomic E-state index is 6.34. The van der Waals surface area contributed by atoms with Crippen LogP contribution in [-0.2, 0) is 6.42 Å². The highest BCUT2D eigenvalue weighted by Gasteiger charge is 2.14. The van der Waals surface area contributed by atoms with Crippen LogP contribution in [-0.4, -0.2) is 21.0 Å². The van der Waals surface area contributed by atoms with Gasteiger partial charge in [0.2, 0.25) is 0 Å². The van der Waals surface area contributed by atoms with E-state index in [9.17, 15) is 0 Å². The smallest absolute Gasteiger partial charge is 0.138 e. The van der Waals surface area contributed by atoms with Gasteiger partial charge in [-0.05, 0) is 55.0 Å². The number of halogens is 2. The zero-order valence-electron chi connectivity index (χ0n) is 21.6. The molecule has 4 nitrogen and oxygen atoms in total. The topological polar surface area (TPSA) is 53.6 Å². The van der Waals surface area contributed by atoms with Crippen LogP contribution in [0.1, 0.15) is 82.6 Å². The van der Waals surface area contributed by atoms with Crippen molar-refractivity contribution in [2.75, 3.05) is 5.32 Å². The zero-order chi connectivity index (χ0) is 25.5. The van der Waals surface area contributed by atoms with Gasteiger partial charge in [-0.15, -0.1) is 0 Å². The molecule has 4 aromatic rings. The highest BCUT2D eigenvalue weighted by atomic mass is 35.5. The Morgan fingerprint density at radius 2 is 1.54 bits per heavy atom. The molecular weight excluding hydrogens is 499 g/mol. The van der Waals surface area contributed by atoms with Gasteiger partial charge < -0.3 is 10.3 Å². The predicted octanol–water partition coefficient (Wildman–Crippen LogP) is 9.75. The third-order valence-electron chi connectivity index (χ3n) is 7.92. The molecule has 1 aliphatic carbocycles. The summed E-state index contributed by atoms with van der Waals surface area (Å²) in [6.07, 6.45) is 22.2. The second-order valence-electron chi connectivity index (χ2n) is 10.8. The minimum absolute atomic E-state index is 0.482. The summed E-state index contributed by atoms with van der Waals surface area (Å²) in [5, 5.41) is 7.36. The van der Waals surface area contributed by atoms with Crippen LogP contribution in [0.15, 0.2) is 48.9 Å². The summed E-state index contributed by atoms with van der Waals surface area (Å²) < 4.78 is 0. The van der Waals surface area contributed by atoms with Crippen LogP contribution in [0.5, 0.6) is 0 Å².